The van der Waals surface area contributed by atoms with Gasteiger partial charge in [0.1, 0.15) is 0 Å². The second kappa shape index (κ2) is 5.41. The first-order valence-corrected chi connectivity index (χ1v) is 6.94. The van der Waals surface area contributed by atoms with Gasteiger partial charge in [-0.1, -0.05) is 0 Å². The minimum Gasteiger partial charge on any atom is -0.394 e. The molecule has 0 amide bonds. The summed E-state index contributed by atoms with van der Waals surface area (Å²) in [5.74, 6) is 0. The maximum Gasteiger partial charge on any atom is 0.0954 e. The molecule has 2 unspecified atom stereocenters. The Bertz CT molecular complexity index is 396. The third kappa shape index (κ3) is 2.59. The predicted molar refractivity (Wildman–Crippen MR) is 72.7 cm³/mol. The molecule has 2 rings (SSSR count). The number of imidazole rings is 1. The first-order valence-electron chi connectivity index (χ1n) is 6.94. The number of likely N-dealkylation sites (N-methyl/N-ethyl adjacent to an activating group) is 1. The highest BCUT2D eigenvalue weighted by Gasteiger charge is 2.26. The van der Waals surface area contributed by atoms with Gasteiger partial charge >= 0.3 is 0 Å². The van der Waals surface area contributed by atoms with Crippen molar-refractivity contribution in [3.63, 3.8) is 0 Å². The van der Waals surface area contributed by atoms with Crippen molar-refractivity contribution in [3.8, 4) is 0 Å². The van der Waals surface area contributed by atoms with E-state index in [1.165, 1.54) is 24.2 Å². The van der Waals surface area contributed by atoms with Crippen LogP contribution in [0.1, 0.15) is 50.5 Å². The number of rotatable bonds is 5. The number of fused-ring (bicyclic) bond motifs is 1. The fourth-order valence-electron chi connectivity index (χ4n) is 2.87. The highest BCUT2D eigenvalue weighted by molar-refractivity contribution is 5.17. The predicted octanol–water partition coefficient (Wildman–Crippen LogP) is 1.68. The molecule has 4 nitrogen and oxygen atoms in total. The van der Waals surface area contributed by atoms with E-state index >= 15 is 0 Å². The van der Waals surface area contributed by atoms with Gasteiger partial charge in [-0.25, -0.2) is 4.98 Å². The van der Waals surface area contributed by atoms with Crippen molar-refractivity contribution >= 4 is 0 Å². The number of nitrogens with one attached hydrogen (secondary N) is 1. The molecule has 0 spiro atoms. The summed E-state index contributed by atoms with van der Waals surface area (Å²) in [7, 11) is 1.91. The molecular weight excluding hydrogens is 226 g/mol. The Hall–Kier alpha value is -0.870. The summed E-state index contributed by atoms with van der Waals surface area (Å²) in [6.45, 7) is 4.43. The van der Waals surface area contributed by atoms with Gasteiger partial charge in [0.2, 0.25) is 0 Å². The van der Waals surface area contributed by atoms with Crippen LogP contribution in [-0.2, 0) is 12.8 Å². The van der Waals surface area contributed by atoms with Crippen LogP contribution in [0, 0.1) is 0 Å². The summed E-state index contributed by atoms with van der Waals surface area (Å²) in [6, 6.07) is 0.365. The lowest BCUT2D eigenvalue weighted by molar-refractivity contribution is 0.158. The third-order valence-corrected chi connectivity index (χ3v) is 4.23. The summed E-state index contributed by atoms with van der Waals surface area (Å²) in [5.41, 5.74) is 2.47. The Balaban J connectivity index is 2.14. The van der Waals surface area contributed by atoms with Crippen molar-refractivity contribution in [3.05, 3.63) is 17.7 Å². The van der Waals surface area contributed by atoms with E-state index in [0.717, 1.165) is 19.3 Å². The number of hydrogen-bond donors (Lipinski definition) is 2. The smallest absolute Gasteiger partial charge is 0.0954 e. The molecule has 0 fully saturated rings. The van der Waals surface area contributed by atoms with Gasteiger partial charge in [-0.15, -0.1) is 0 Å². The van der Waals surface area contributed by atoms with Gasteiger partial charge in [0.05, 0.1) is 18.6 Å². The van der Waals surface area contributed by atoms with Gasteiger partial charge < -0.3 is 15.0 Å². The largest absolute Gasteiger partial charge is 0.394 e. The summed E-state index contributed by atoms with van der Waals surface area (Å²) >= 11 is 0. The number of aromatic nitrogens is 2. The van der Waals surface area contributed by atoms with Crippen LogP contribution < -0.4 is 5.32 Å². The number of aliphatic hydroxyl groups excluding tert-OH is 1. The maximum atomic E-state index is 9.48. The fourth-order valence-corrected chi connectivity index (χ4v) is 2.87. The van der Waals surface area contributed by atoms with E-state index in [9.17, 15) is 5.11 Å². The number of aliphatic hydroxyl groups is 1. The van der Waals surface area contributed by atoms with E-state index in [0.29, 0.717) is 6.04 Å². The van der Waals surface area contributed by atoms with Gasteiger partial charge in [0.25, 0.3) is 0 Å². The lowest BCUT2D eigenvalue weighted by Gasteiger charge is -2.31. The first-order chi connectivity index (χ1) is 8.59. The minimum atomic E-state index is -0.217. The third-order valence-electron chi connectivity index (χ3n) is 4.23. The highest BCUT2D eigenvalue weighted by atomic mass is 16.3. The number of nitrogens with zero attached hydrogens (tertiary/aromatic N) is 2. The molecule has 1 aliphatic carbocycles. The Morgan fingerprint density at radius 2 is 2.22 bits per heavy atom. The van der Waals surface area contributed by atoms with Gasteiger partial charge in [-0.2, -0.15) is 0 Å². The fraction of sp³-hybridized carbons (Fsp3) is 0.786. The molecule has 0 bridgehead atoms. The van der Waals surface area contributed by atoms with Crippen LogP contribution >= 0.6 is 0 Å². The SMILES string of the molecule is CNC(C)(CO)CC(C)n1cnc2c1CCCC2. The van der Waals surface area contributed by atoms with Crippen molar-refractivity contribution < 1.29 is 5.11 Å². The van der Waals surface area contributed by atoms with E-state index in [-0.39, 0.29) is 12.1 Å². The quantitative estimate of drug-likeness (QED) is 0.837. The molecule has 0 radical (unpaired) electrons. The molecule has 1 aliphatic rings. The van der Waals surface area contributed by atoms with Crippen LogP contribution in [0.25, 0.3) is 0 Å². The molecular formula is C14H25N3O. The van der Waals surface area contributed by atoms with E-state index in [2.05, 4.69) is 28.7 Å². The van der Waals surface area contributed by atoms with Crippen LogP contribution in [-0.4, -0.2) is 33.9 Å². The van der Waals surface area contributed by atoms with Crippen molar-refractivity contribution in [1.29, 1.82) is 0 Å². The second-order valence-electron chi connectivity index (χ2n) is 5.77. The molecule has 1 aromatic heterocycles. The monoisotopic (exact) mass is 251 g/mol. The Labute approximate surface area is 109 Å². The van der Waals surface area contributed by atoms with E-state index in [1.54, 1.807) is 0 Å². The van der Waals surface area contributed by atoms with Crippen LogP contribution in [0.5, 0.6) is 0 Å². The van der Waals surface area contributed by atoms with E-state index in [4.69, 9.17) is 0 Å². The molecule has 1 aromatic rings. The van der Waals surface area contributed by atoms with Gasteiger partial charge in [-0.05, 0) is 53.0 Å². The molecule has 2 atom stereocenters. The molecule has 4 heteroatoms. The molecule has 0 saturated carbocycles. The minimum absolute atomic E-state index is 0.157. The van der Waals surface area contributed by atoms with Crippen LogP contribution in [0.15, 0.2) is 6.33 Å². The van der Waals surface area contributed by atoms with Gasteiger partial charge in [0.15, 0.2) is 0 Å². The molecule has 0 aliphatic heterocycles. The normalized spacial score (nSPS) is 20.2. The topological polar surface area (TPSA) is 50.1 Å². The molecule has 1 heterocycles. The van der Waals surface area contributed by atoms with Crippen molar-refractivity contribution in [2.45, 2.75) is 57.5 Å². The number of hydrogen-bond acceptors (Lipinski definition) is 3. The van der Waals surface area contributed by atoms with Gasteiger partial charge in [-0.3, -0.25) is 0 Å². The Morgan fingerprint density at radius 1 is 1.50 bits per heavy atom. The van der Waals surface area contributed by atoms with Gasteiger partial charge in [0, 0.05) is 17.3 Å². The summed E-state index contributed by atoms with van der Waals surface area (Å²) in [5, 5.41) is 12.7. The first kappa shape index (κ1) is 13.6. The molecule has 0 aromatic carbocycles. The summed E-state index contributed by atoms with van der Waals surface area (Å²) in [4.78, 5) is 4.54. The van der Waals surface area contributed by atoms with Crippen molar-refractivity contribution in [2.24, 2.45) is 0 Å². The van der Waals surface area contributed by atoms with Crippen molar-refractivity contribution in [1.82, 2.24) is 14.9 Å². The van der Waals surface area contributed by atoms with E-state index < -0.39 is 0 Å². The zero-order valence-corrected chi connectivity index (χ0v) is 11.7. The zero-order chi connectivity index (χ0) is 13.2. The molecule has 0 saturated heterocycles. The number of aryl methyl sites for hydroxylation is 1. The van der Waals surface area contributed by atoms with Crippen LogP contribution in [0.4, 0.5) is 0 Å². The van der Waals surface area contributed by atoms with Crippen molar-refractivity contribution in [2.75, 3.05) is 13.7 Å². The lowest BCUT2D eigenvalue weighted by Crippen LogP contribution is -2.45. The van der Waals surface area contributed by atoms with E-state index in [1.807, 2.05) is 13.4 Å². The molecule has 102 valence electrons. The maximum absolute atomic E-state index is 9.48. The average Bonchev–Trinajstić information content (AvgIpc) is 2.82. The Morgan fingerprint density at radius 3 is 2.89 bits per heavy atom. The zero-order valence-electron chi connectivity index (χ0n) is 11.7. The van der Waals surface area contributed by atoms with Crippen LogP contribution in [0.2, 0.25) is 0 Å². The average molecular weight is 251 g/mol. The molecule has 2 N–H and O–H groups in total. The summed E-state index contributed by atoms with van der Waals surface area (Å²) in [6.07, 6.45) is 7.70. The summed E-state index contributed by atoms with van der Waals surface area (Å²) < 4.78 is 2.31. The lowest BCUT2D eigenvalue weighted by atomic mass is 9.94. The van der Waals surface area contributed by atoms with Crippen LogP contribution in [0.3, 0.4) is 0 Å². The standard InChI is InChI=1S/C14H25N3O/c1-11(8-14(2,9-18)15-3)17-10-16-12-6-4-5-7-13(12)17/h10-11,15,18H,4-9H2,1-3H3. The highest BCUT2D eigenvalue weighted by Crippen LogP contribution is 2.27. The molecule has 18 heavy (non-hydrogen) atoms. The second-order valence-corrected chi connectivity index (χ2v) is 5.77. The Kier molecular flexibility index (Phi) is 4.07.